The average Bonchev–Trinajstić information content (AvgIpc) is 2.48. The third-order valence-electron chi connectivity index (χ3n) is 2.72. The normalized spacial score (nSPS) is 10.7. The first kappa shape index (κ1) is 14.1. The van der Waals surface area contributed by atoms with Gasteiger partial charge in [0.1, 0.15) is 11.8 Å². The quantitative estimate of drug-likeness (QED) is 0.390. The maximum absolute atomic E-state index is 9.29. The van der Waals surface area contributed by atoms with Crippen molar-refractivity contribution in [3.05, 3.63) is 48.5 Å². The molecule has 0 aliphatic heterocycles. The predicted molar refractivity (Wildman–Crippen MR) is 82.1 cm³/mol. The highest BCUT2D eigenvalue weighted by atomic mass is 16.3. The summed E-state index contributed by atoms with van der Waals surface area (Å²) in [4.78, 5) is 0. The minimum absolute atomic E-state index is 0.176. The van der Waals surface area contributed by atoms with E-state index in [1.807, 2.05) is 18.2 Å². The van der Waals surface area contributed by atoms with Crippen LogP contribution in [0, 0.1) is 16.7 Å². The summed E-state index contributed by atoms with van der Waals surface area (Å²) in [5.74, 6) is -0.183. The maximum atomic E-state index is 9.29. The molecule has 0 amide bonds. The zero-order chi connectivity index (χ0) is 15.2. The number of nitrogens with zero attached hydrogens (tertiary/aromatic N) is 2. The van der Waals surface area contributed by atoms with Crippen LogP contribution in [-0.2, 0) is 0 Å². The lowest BCUT2D eigenvalue weighted by Gasteiger charge is -2.05. The fourth-order valence-corrected chi connectivity index (χ4v) is 1.69. The van der Waals surface area contributed by atoms with E-state index in [0.29, 0.717) is 5.69 Å². The number of phenolic OH excluding ortho intramolecular Hbond substituents is 1. The van der Waals surface area contributed by atoms with Crippen molar-refractivity contribution in [3.8, 4) is 22.9 Å². The Morgan fingerprint density at radius 1 is 1.19 bits per heavy atom. The van der Waals surface area contributed by atoms with Crippen molar-refractivity contribution in [2.75, 3.05) is 5.43 Å². The first-order valence-corrected chi connectivity index (χ1v) is 6.08. The second kappa shape index (κ2) is 6.21. The second-order valence-corrected chi connectivity index (χ2v) is 4.23. The molecular weight excluding hydrogens is 266 g/mol. The van der Waals surface area contributed by atoms with Gasteiger partial charge in [0, 0.05) is 0 Å². The molecule has 0 bridgehead atoms. The van der Waals surface area contributed by atoms with Crippen molar-refractivity contribution in [3.63, 3.8) is 0 Å². The monoisotopic (exact) mass is 279 g/mol. The summed E-state index contributed by atoms with van der Waals surface area (Å²) in [6.07, 6.45) is 0. The number of hydrogen-bond donors (Lipinski definition) is 4. The number of nitriles is 1. The Balaban J connectivity index is 2.24. The lowest BCUT2D eigenvalue weighted by Crippen LogP contribution is -2.21. The van der Waals surface area contributed by atoms with E-state index in [9.17, 15) is 5.11 Å². The van der Waals surface area contributed by atoms with Crippen LogP contribution >= 0.6 is 0 Å². The Bertz CT molecular complexity index is 728. The van der Waals surface area contributed by atoms with E-state index in [0.717, 1.165) is 11.1 Å². The molecule has 0 atom stereocenters. The van der Waals surface area contributed by atoms with Gasteiger partial charge in [0.25, 0.3) is 0 Å². The van der Waals surface area contributed by atoms with Crippen molar-refractivity contribution in [2.24, 2.45) is 10.8 Å². The van der Waals surface area contributed by atoms with Crippen LogP contribution in [0.15, 0.2) is 53.6 Å². The average molecular weight is 279 g/mol. The number of amidine groups is 1. The van der Waals surface area contributed by atoms with Crippen LogP contribution in [0.25, 0.3) is 11.1 Å². The number of anilines is 1. The Labute approximate surface area is 121 Å². The molecule has 0 aliphatic carbocycles. The fraction of sp³-hybridized carbons (Fsp3) is 0. The highest BCUT2D eigenvalue weighted by molar-refractivity contribution is 6.45. The number of hydrogen-bond acceptors (Lipinski definition) is 5. The van der Waals surface area contributed by atoms with Crippen molar-refractivity contribution in [2.45, 2.75) is 0 Å². The Hall–Kier alpha value is -3.33. The number of benzene rings is 2. The topological polar surface area (TPSA) is 118 Å². The lowest BCUT2D eigenvalue weighted by molar-refractivity contribution is 0.475. The summed E-state index contributed by atoms with van der Waals surface area (Å²) < 4.78 is 0. The molecule has 0 saturated carbocycles. The van der Waals surface area contributed by atoms with Gasteiger partial charge >= 0.3 is 0 Å². The summed E-state index contributed by atoms with van der Waals surface area (Å²) >= 11 is 0. The van der Waals surface area contributed by atoms with Gasteiger partial charge in [-0.1, -0.05) is 24.3 Å². The molecule has 0 spiro atoms. The molecule has 2 aromatic rings. The number of nitrogens with two attached hydrogens (primary N) is 1. The van der Waals surface area contributed by atoms with Gasteiger partial charge in [-0.2, -0.15) is 10.4 Å². The summed E-state index contributed by atoms with van der Waals surface area (Å²) in [5, 5.41) is 29.0. The van der Waals surface area contributed by atoms with Crippen LogP contribution in [0.3, 0.4) is 0 Å². The Morgan fingerprint density at radius 2 is 1.90 bits per heavy atom. The lowest BCUT2D eigenvalue weighted by atomic mass is 10.1. The molecule has 0 heterocycles. The molecule has 0 aliphatic rings. The molecule has 0 fully saturated rings. The molecule has 6 heteroatoms. The van der Waals surface area contributed by atoms with Crippen LogP contribution in [0.2, 0.25) is 0 Å². The van der Waals surface area contributed by atoms with Crippen LogP contribution < -0.4 is 11.2 Å². The summed E-state index contributed by atoms with van der Waals surface area (Å²) in [6.45, 7) is 0. The number of hydrazone groups is 1. The zero-order valence-corrected chi connectivity index (χ0v) is 11.0. The maximum Gasteiger partial charge on any atom is 0.201 e. The van der Waals surface area contributed by atoms with Gasteiger partial charge in [-0.05, 0) is 35.4 Å². The molecule has 0 radical (unpaired) electrons. The van der Waals surface area contributed by atoms with Gasteiger partial charge in [0.05, 0.1) is 5.69 Å². The number of nitrogens with one attached hydrogen (secondary N) is 2. The summed E-state index contributed by atoms with van der Waals surface area (Å²) in [6, 6.07) is 15.9. The van der Waals surface area contributed by atoms with E-state index in [1.54, 1.807) is 36.4 Å². The first-order chi connectivity index (χ1) is 10.1. The fourth-order valence-electron chi connectivity index (χ4n) is 1.69. The Morgan fingerprint density at radius 3 is 2.52 bits per heavy atom. The third kappa shape index (κ3) is 3.58. The molecule has 5 N–H and O–H groups in total. The predicted octanol–water partition coefficient (Wildman–Crippen LogP) is 2.29. The molecule has 0 aromatic heterocycles. The molecule has 0 saturated heterocycles. The van der Waals surface area contributed by atoms with Gasteiger partial charge < -0.3 is 10.8 Å². The molecule has 6 nitrogen and oxygen atoms in total. The van der Waals surface area contributed by atoms with E-state index in [2.05, 4.69) is 10.5 Å². The first-order valence-electron chi connectivity index (χ1n) is 6.08. The molecular formula is C15H13N5O. The molecule has 2 aromatic carbocycles. The van der Waals surface area contributed by atoms with Gasteiger partial charge in [-0.3, -0.25) is 10.8 Å². The molecule has 0 unspecified atom stereocenters. The van der Waals surface area contributed by atoms with Gasteiger partial charge in [0.15, 0.2) is 5.84 Å². The molecule has 2 rings (SSSR count). The van der Waals surface area contributed by atoms with Gasteiger partial charge in [0.2, 0.25) is 5.71 Å². The van der Waals surface area contributed by atoms with Crippen LogP contribution in [-0.4, -0.2) is 16.7 Å². The minimum Gasteiger partial charge on any atom is -0.508 e. The van der Waals surface area contributed by atoms with E-state index in [-0.39, 0.29) is 17.3 Å². The minimum atomic E-state index is -0.389. The zero-order valence-electron chi connectivity index (χ0n) is 11.0. The number of rotatable bonds is 4. The number of aromatic hydroxyl groups is 1. The van der Waals surface area contributed by atoms with Crippen LogP contribution in [0.1, 0.15) is 0 Å². The van der Waals surface area contributed by atoms with Crippen molar-refractivity contribution < 1.29 is 5.11 Å². The van der Waals surface area contributed by atoms with E-state index in [4.69, 9.17) is 16.4 Å². The highest BCUT2D eigenvalue weighted by Gasteiger charge is 2.02. The summed E-state index contributed by atoms with van der Waals surface area (Å²) in [7, 11) is 0. The van der Waals surface area contributed by atoms with Gasteiger partial charge in [-0.25, -0.2) is 0 Å². The van der Waals surface area contributed by atoms with E-state index < -0.39 is 0 Å². The molecule has 104 valence electrons. The molecule has 21 heavy (non-hydrogen) atoms. The van der Waals surface area contributed by atoms with Crippen molar-refractivity contribution in [1.29, 1.82) is 10.7 Å². The smallest absolute Gasteiger partial charge is 0.201 e. The van der Waals surface area contributed by atoms with Crippen molar-refractivity contribution >= 4 is 17.2 Å². The summed E-state index contributed by atoms with van der Waals surface area (Å²) in [5.41, 5.74) is 10.3. The van der Waals surface area contributed by atoms with Crippen LogP contribution in [0.5, 0.6) is 5.75 Å². The van der Waals surface area contributed by atoms with Gasteiger partial charge in [-0.15, -0.1) is 0 Å². The van der Waals surface area contributed by atoms with E-state index in [1.165, 1.54) is 0 Å². The second-order valence-electron chi connectivity index (χ2n) is 4.23. The van der Waals surface area contributed by atoms with Crippen LogP contribution in [0.4, 0.5) is 5.69 Å². The SMILES string of the molecule is N#C/C(=N\Nc1cccc(-c2ccc(O)cc2)c1)C(=N)N. The van der Waals surface area contributed by atoms with E-state index >= 15 is 0 Å². The highest BCUT2D eigenvalue weighted by Crippen LogP contribution is 2.24. The van der Waals surface area contributed by atoms with Crippen molar-refractivity contribution in [1.82, 2.24) is 0 Å². The Kier molecular flexibility index (Phi) is 4.17. The third-order valence-corrected chi connectivity index (χ3v) is 2.72. The standard InChI is InChI=1S/C15H13N5O/c16-9-14(15(17)18)20-19-12-3-1-2-11(8-12)10-4-6-13(21)7-5-10/h1-8,19,21H,(H3,17,18)/b20-14+. The number of phenols is 1. The largest absolute Gasteiger partial charge is 0.508 e.